The normalized spacial score (nSPS) is 20.4. The molecule has 0 bridgehead atoms. The zero-order chi connectivity index (χ0) is 27.4. The van der Waals surface area contributed by atoms with Crippen molar-refractivity contribution in [3.05, 3.63) is 35.9 Å². The molecular weight excluding hydrogens is 482 g/mol. The first-order chi connectivity index (χ1) is 17.6. The molecule has 1 aliphatic rings. The van der Waals surface area contributed by atoms with Crippen molar-refractivity contribution in [3.8, 4) is 0 Å². The fraction of sp³-hybridized carbons (Fsp3) is 0.560. The van der Waals surface area contributed by atoms with Crippen molar-refractivity contribution in [2.75, 3.05) is 6.54 Å². The van der Waals surface area contributed by atoms with Crippen molar-refractivity contribution in [2.24, 2.45) is 23.1 Å². The van der Waals surface area contributed by atoms with Gasteiger partial charge in [0.2, 0.25) is 17.7 Å². The molecule has 0 aromatic heterocycles. The monoisotopic (exact) mass is 519 g/mol. The Bertz CT molecular complexity index is 958. The van der Waals surface area contributed by atoms with Gasteiger partial charge in [-0.25, -0.2) is 4.79 Å². The highest BCUT2D eigenvalue weighted by atomic mass is 16.5. The fourth-order valence-electron chi connectivity index (χ4n) is 4.39. The predicted molar refractivity (Wildman–Crippen MR) is 133 cm³/mol. The summed E-state index contributed by atoms with van der Waals surface area (Å²) in [6.45, 7) is 0.406. The molecule has 204 valence electrons. The molecule has 1 saturated carbocycles. The molecule has 0 aliphatic heterocycles. The van der Waals surface area contributed by atoms with Crippen LogP contribution in [0.2, 0.25) is 0 Å². The number of ether oxygens (including phenoxy) is 1. The summed E-state index contributed by atoms with van der Waals surface area (Å²) in [5.74, 6) is -5.45. The fourth-order valence-corrected chi connectivity index (χ4v) is 4.39. The summed E-state index contributed by atoms with van der Waals surface area (Å²) >= 11 is 0. The van der Waals surface area contributed by atoms with Crippen LogP contribution < -0.4 is 27.8 Å². The van der Waals surface area contributed by atoms with E-state index in [-0.39, 0.29) is 32.3 Å². The standard InChI is InChI=1S/C25H37N5O7/c26-14-5-4-10-18(27)21(32)29-19(11-12-20(28)31)22(33)30-25(24(35)36)13-6-9-17(25)23(34)37-15-16-7-2-1-3-8-16/h1-3,7-8,17-19H,4-6,9-15,26-27H2,(H2,28,31)(H,29,32)(H,30,33)(H,35,36)/t17?,18-,19-,25?/m0/s1. The van der Waals surface area contributed by atoms with Gasteiger partial charge in [-0.3, -0.25) is 19.2 Å². The molecule has 0 radical (unpaired) electrons. The maximum Gasteiger partial charge on any atom is 0.330 e. The van der Waals surface area contributed by atoms with Gasteiger partial charge in [0.15, 0.2) is 5.54 Å². The maximum atomic E-state index is 13.2. The van der Waals surface area contributed by atoms with Gasteiger partial charge in [-0.1, -0.05) is 36.8 Å². The van der Waals surface area contributed by atoms with Crippen LogP contribution in [-0.2, 0) is 35.3 Å². The van der Waals surface area contributed by atoms with E-state index in [0.29, 0.717) is 32.2 Å². The molecule has 1 aliphatic carbocycles. The van der Waals surface area contributed by atoms with E-state index in [1.54, 1.807) is 24.3 Å². The minimum absolute atomic E-state index is 0.00569. The van der Waals surface area contributed by atoms with Crippen molar-refractivity contribution in [3.63, 3.8) is 0 Å². The molecule has 1 fully saturated rings. The minimum Gasteiger partial charge on any atom is -0.479 e. The molecule has 1 aromatic carbocycles. The average Bonchev–Trinajstić information content (AvgIpc) is 3.30. The Labute approximate surface area is 215 Å². The lowest BCUT2D eigenvalue weighted by atomic mass is 9.86. The van der Waals surface area contributed by atoms with Crippen LogP contribution in [0.5, 0.6) is 0 Å². The highest BCUT2D eigenvalue weighted by Crippen LogP contribution is 2.37. The van der Waals surface area contributed by atoms with Crippen LogP contribution in [0.3, 0.4) is 0 Å². The number of carbonyl (C=O) groups is 5. The first-order valence-corrected chi connectivity index (χ1v) is 12.4. The van der Waals surface area contributed by atoms with E-state index in [9.17, 15) is 29.1 Å². The van der Waals surface area contributed by atoms with Crippen LogP contribution in [0, 0.1) is 5.92 Å². The van der Waals surface area contributed by atoms with Gasteiger partial charge < -0.3 is 37.7 Å². The third-order valence-electron chi connectivity index (χ3n) is 6.51. The van der Waals surface area contributed by atoms with E-state index < -0.39 is 53.2 Å². The van der Waals surface area contributed by atoms with Crippen LogP contribution in [0.25, 0.3) is 0 Å². The van der Waals surface area contributed by atoms with E-state index in [1.165, 1.54) is 0 Å². The quantitative estimate of drug-likeness (QED) is 0.132. The highest BCUT2D eigenvalue weighted by Gasteiger charge is 2.55. The van der Waals surface area contributed by atoms with Crippen molar-refractivity contribution in [2.45, 2.75) is 75.6 Å². The molecule has 2 rings (SSSR count). The molecule has 2 unspecified atom stereocenters. The number of carbonyl (C=O) groups excluding carboxylic acids is 4. The predicted octanol–water partition coefficient (Wildman–Crippen LogP) is -0.324. The molecule has 12 nitrogen and oxygen atoms in total. The lowest BCUT2D eigenvalue weighted by Crippen LogP contribution is -2.63. The van der Waals surface area contributed by atoms with Crippen molar-refractivity contribution < 1.29 is 33.8 Å². The largest absolute Gasteiger partial charge is 0.479 e. The number of benzene rings is 1. The van der Waals surface area contributed by atoms with Crippen LogP contribution in [0.1, 0.15) is 56.9 Å². The highest BCUT2D eigenvalue weighted by molar-refractivity contribution is 5.96. The summed E-state index contributed by atoms with van der Waals surface area (Å²) in [5, 5.41) is 15.1. The number of rotatable bonds is 15. The van der Waals surface area contributed by atoms with Crippen LogP contribution in [-0.4, -0.2) is 58.9 Å². The molecule has 0 spiro atoms. The Balaban J connectivity index is 2.15. The van der Waals surface area contributed by atoms with Gasteiger partial charge in [0.05, 0.1) is 12.0 Å². The van der Waals surface area contributed by atoms with E-state index in [0.717, 1.165) is 5.56 Å². The van der Waals surface area contributed by atoms with Gasteiger partial charge in [0, 0.05) is 6.42 Å². The lowest BCUT2D eigenvalue weighted by molar-refractivity contribution is -0.161. The summed E-state index contributed by atoms with van der Waals surface area (Å²) in [4.78, 5) is 62.5. The molecule has 0 heterocycles. The molecular formula is C25H37N5O7. The smallest absolute Gasteiger partial charge is 0.330 e. The SMILES string of the molecule is NCCCC[C@H](N)C(=O)N[C@@H](CCC(N)=O)C(=O)NC1(C(=O)O)CCCC1C(=O)OCc1ccccc1. The second-order valence-corrected chi connectivity index (χ2v) is 9.26. The van der Waals surface area contributed by atoms with Gasteiger partial charge in [-0.2, -0.15) is 0 Å². The van der Waals surface area contributed by atoms with Crippen LogP contribution in [0.15, 0.2) is 30.3 Å². The molecule has 9 N–H and O–H groups in total. The third-order valence-corrected chi connectivity index (χ3v) is 6.51. The Kier molecular flexibility index (Phi) is 11.5. The van der Waals surface area contributed by atoms with Crippen LogP contribution in [0.4, 0.5) is 0 Å². The summed E-state index contributed by atoms with van der Waals surface area (Å²) in [6.07, 6.45) is 1.78. The van der Waals surface area contributed by atoms with Gasteiger partial charge in [0.25, 0.3) is 0 Å². The molecule has 3 amide bonds. The summed E-state index contributed by atoms with van der Waals surface area (Å²) in [5.41, 5.74) is 15.4. The Morgan fingerprint density at radius 3 is 2.41 bits per heavy atom. The van der Waals surface area contributed by atoms with E-state index in [1.807, 2.05) is 6.07 Å². The average molecular weight is 520 g/mol. The molecule has 37 heavy (non-hydrogen) atoms. The van der Waals surface area contributed by atoms with Crippen molar-refractivity contribution in [1.82, 2.24) is 10.6 Å². The minimum atomic E-state index is -1.93. The zero-order valence-corrected chi connectivity index (χ0v) is 20.8. The molecule has 1 aromatic rings. The number of hydrogen-bond acceptors (Lipinski definition) is 8. The number of carboxylic acid groups (broad SMARTS) is 1. The summed E-state index contributed by atoms with van der Waals surface area (Å²) in [6, 6.07) is 6.71. The second-order valence-electron chi connectivity index (χ2n) is 9.26. The van der Waals surface area contributed by atoms with Crippen LogP contribution >= 0.6 is 0 Å². The number of amides is 3. The van der Waals surface area contributed by atoms with Crippen molar-refractivity contribution >= 4 is 29.7 Å². The van der Waals surface area contributed by atoms with E-state index >= 15 is 0 Å². The molecule has 0 saturated heterocycles. The molecule has 12 heteroatoms. The van der Waals surface area contributed by atoms with Gasteiger partial charge in [-0.05, 0) is 50.6 Å². The van der Waals surface area contributed by atoms with Gasteiger partial charge in [-0.15, -0.1) is 0 Å². The summed E-state index contributed by atoms with van der Waals surface area (Å²) < 4.78 is 5.37. The summed E-state index contributed by atoms with van der Waals surface area (Å²) in [7, 11) is 0. The first-order valence-electron chi connectivity index (χ1n) is 12.4. The number of unbranched alkanes of at least 4 members (excludes halogenated alkanes) is 1. The number of nitrogens with two attached hydrogens (primary N) is 3. The number of hydrogen-bond donors (Lipinski definition) is 6. The number of primary amides is 1. The zero-order valence-electron chi connectivity index (χ0n) is 20.8. The Morgan fingerprint density at radius 1 is 1.08 bits per heavy atom. The lowest BCUT2D eigenvalue weighted by Gasteiger charge is -2.33. The number of nitrogens with one attached hydrogen (secondary N) is 2. The second kappa shape index (κ2) is 14.3. The topological polar surface area (TPSA) is 217 Å². The Hall–Kier alpha value is -3.51. The van der Waals surface area contributed by atoms with Crippen molar-refractivity contribution in [1.29, 1.82) is 0 Å². The number of esters is 1. The van der Waals surface area contributed by atoms with E-state index in [2.05, 4.69) is 10.6 Å². The van der Waals surface area contributed by atoms with E-state index in [4.69, 9.17) is 21.9 Å². The van der Waals surface area contributed by atoms with Gasteiger partial charge >= 0.3 is 11.9 Å². The van der Waals surface area contributed by atoms with Gasteiger partial charge in [0.1, 0.15) is 12.6 Å². The third kappa shape index (κ3) is 8.53. The Morgan fingerprint density at radius 2 is 1.78 bits per heavy atom. The maximum absolute atomic E-state index is 13.2. The number of carboxylic acids is 1. The number of aliphatic carboxylic acids is 1. The first kappa shape index (κ1) is 29.7. The molecule has 4 atom stereocenters.